The average molecular weight is 291 g/mol. The number of hydrogen-bond acceptors (Lipinski definition) is 0. The summed E-state index contributed by atoms with van der Waals surface area (Å²) in [4.78, 5) is 2.74. The molecular weight excluding hydrogens is 272 g/mol. The molecule has 0 aliphatic rings. The lowest BCUT2D eigenvalue weighted by atomic mass is 10.0. The van der Waals surface area contributed by atoms with Gasteiger partial charge in [-0.25, -0.2) is 0 Å². The lowest BCUT2D eigenvalue weighted by molar-refractivity contribution is 1.10. The van der Waals surface area contributed by atoms with E-state index in [1.807, 2.05) is 0 Å². The van der Waals surface area contributed by atoms with Gasteiger partial charge in [0.1, 0.15) is 0 Å². The molecule has 104 valence electrons. The van der Waals surface area contributed by atoms with Crippen LogP contribution in [0, 0.1) is 6.92 Å². The van der Waals surface area contributed by atoms with Gasteiger partial charge in [0.25, 0.3) is 0 Å². The van der Waals surface area contributed by atoms with Crippen LogP contribution in [0.3, 0.4) is 0 Å². The van der Waals surface area contributed by atoms with Gasteiger partial charge in [-0.3, -0.25) is 0 Å². The summed E-state index contributed by atoms with van der Waals surface area (Å²) in [6.07, 6.45) is 1.00. The van der Waals surface area contributed by atoms with Crippen molar-refractivity contribution in [1.82, 2.24) is 0 Å². The van der Waals surface area contributed by atoms with E-state index in [0.29, 0.717) is 0 Å². The molecule has 3 rings (SSSR count). The third kappa shape index (κ3) is 3.56. The molecule has 0 atom stereocenters. The zero-order valence-electron chi connectivity index (χ0n) is 12.2. The second-order valence-corrected chi connectivity index (χ2v) is 6.40. The fourth-order valence-electron chi connectivity index (χ4n) is 2.42. The van der Waals surface area contributed by atoms with Crippen LogP contribution in [0.5, 0.6) is 0 Å². The number of aryl methyl sites for hydroxylation is 1. The molecule has 0 radical (unpaired) electrons. The summed E-state index contributed by atoms with van der Waals surface area (Å²) >= 11 is 1.28. The normalized spacial score (nSPS) is 10.5. The van der Waals surface area contributed by atoms with E-state index in [2.05, 4.69) is 85.8 Å². The Hall–Kier alpha value is -1.99. The largest absolute Gasteiger partial charge is 0.161 e. The average Bonchev–Trinajstić information content (AvgIpc) is 2.52. The molecule has 3 aromatic rings. The highest BCUT2D eigenvalue weighted by Gasteiger charge is 2.12. The molecular formula is C20H19S+. The Kier molecular flexibility index (Phi) is 4.42. The van der Waals surface area contributed by atoms with Gasteiger partial charge >= 0.3 is 0 Å². The molecule has 3 aromatic carbocycles. The van der Waals surface area contributed by atoms with Crippen molar-refractivity contribution in [3.05, 3.63) is 95.6 Å². The molecule has 0 nitrogen and oxygen atoms in total. The first-order valence-electron chi connectivity index (χ1n) is 7.22. The van der Waals surface area contributed by atoms with E-state index < -0.39 is 0 Å². The molecule has 0 heterocycles. The highest BCUT2D eigenvalue weighted by Crippen LogP contribution is 2.21. The van der Waals surface area contributed by atoms with E-state index in [0.717, 1.165) is 6.42 Å². The Morgan fingerprint density at radius 2 is 1.29 bits per heavy atom. The predicted octanol–water partition coefficient (Wildman–Crippen LogP) is 4.82. The Balaban J connectivity index is 1.88. The van der Waals surface area contributed by atoms with E-state index in [1.54, 1.807) is 0 Å². The molecule has 0 aliphatic carbocycles. The van der Waals surface area contributed by atoms with Crippen LogP contribution in [0.15, 0.2) is 88.7 Å². The monoisotopic (exact) mass is 291 g/mol. The molecule has 0 bridgehead atoms. The first-order chi connectivity index (χ1) is 10.3. The van der Waals surface area contributed by atoms with Crippen molar-refractivity contribution in [2.75, 3.05) is 0 Å². The Morgan fingerprint density at radius 3 is 2.05 bits per heavy atom. The molecule has 0 aliphatic heterocycles. The molecule has 0 fully saturated rings. The standard InChI is InChI=1S/C20H18S/c1-16-9-5-6-10-17(16)15-18-11-7-8-14-20(18)21-19-12-3-2-4-13-19/h2-14H,15H2,1H3/p+1. The summed E-state index contributed by atoms with van der Waals surface area (Å²) in [5, 5.41) is 0. The van der Waals surface area contributed by atoms with E-state index in [-0.39, 0.29) is 0 Å². The van der Waals surface area contributed by atoms with Gasteiger partial charge < -0.3 is 0 Å². The second-order valence-electron chi connectivity index (χ2n) is 5.18. The molecule has 0 unspecified atom stereocenters. The molecule has 0 spiro atoms. The first-order valence-corrected chi connectivity index (χ1v) is 8.11. The van der Waals surface area contributed by atoms with Gasteiger partial charge in [-0.2, -0.15) is 0 Å². The second kappa shape index (κ2) is 6.64. The SMILES string of the molecule is Cc1ccccc1Cc1ccccc1[SH+]c1ccccc1. The van der Waals surface area contributed by atoms with Crippen molar-refractivity contribution >= 4 is 11.8 Å². The van der Waals surface area contributed by atoms with Crippen LogP contribution in [-0.2, 0) is 18.2 Å². The summed E-state index contributed by atoms with van der Waals surface area (Å²) in [6.45, 7) is 2.19. The van der Waals surface area contributed by atoms with Crippen LogP contribution >= 0.6 is 0 Å². The van der Waals surface area contributed by atoms with Gasteiger partial charge in [0.05, 0.1) is 0 Å². The zero-order chi connectivity index (χ0) is 14.5. The molecule has 0 saturated carbocycles. The van der Waals surface area contributed by atoms with Gasteiger partial charge in [0.2, 0.25) is 0 Å². The summed E-state index contributed by atoms with van der Waals surface area (Å²) < 4.78 is 0. The van der Waals surface area contributed by atoms with Crippen LogP contribution < -0.4 is 0 Å². The summed E-state index contributed by atoms with van der Waals surface area (Å²) in [5.41, 5.74) is 4.19. The van der Waals surface area contributed by atoms with Crippen molar-refractivity contribution in [3.63, 3.8) is 0 Å². The van der Waals surface area contributed by atoms with Crippen molar-refractivity contribution in [2.45, 2.75) is 23.1 Å². The fourth-order valence-corrected chi connectivity index (χ4v) is 3.48. The Morgan fingerprint density at radius 1 is 0.667 bits per heavy atom. The fraction of sp³-hybridized carbons (Fsp3) is 0.100. The highest BCUT2D eigenvalue weighted by molar-refractivity contribution is 7.78. The third-order valence-electron chi connectivity index (χ3n) is 3.64. The van der Waals surface area contributed by atoms with E-state index >= 15 is 0 Å². The van der Waals surface area contributed by atoms with E-state index in [9.17, 15) is 0 Å². The van der Waals surface area contributed by atoms with Crippen molar-refractivity contribution in [3.8, 4) is 0 Å². The minimum Gasteiger partial charge on any atom is -0.0620 e. The van der Waals surface area contributed by atoms with Crippen LogP contribution in [0.2, 0.25) is 0 Å². The molecule has 0 amide bonds. The molecule has 0 saturated heterocycles. The highest BCUT2D eigenvalue weighted by atomic mass is 32.2. The van der Waals surface area contributed by atoms with Crippen molar-refractivity contribution in [1.29, 1.82) is 0 Å². The predicted molar refractivity (Wildman–Crippen MR) is 92.2 cm³/mol. The molecule has 0 aromatic heterocycles. The van der Waals surface area contributed by atoms with Crippen LogP contribution in [0.1, 0.15) is 16.7 Å². The number of benzene rings is 3. The summed E-state index contributed by atoms with van der Waals surface area (Å²) in [6, 6.07) is 28.0. The van der Waals surface area contributed by atoms with Crippen molar-refractivity contribution < 1.29 is 0 Å². The number of hydrogen-bond donors (Lipinski definition) is 0. The lowest BCUT2D eigenvalue weighted by Crippen LogP contribution is -1.96. The molecule has 1 heteroatoms. The van der Waals surface area contributed by atoms with Gasteiger partial charge in [-0.1, -0.05) is 60.7 Å². The Bertz CT molecular complexity index is 717. The number of rotatable bonds is 4. The zero-order valence-corrected chi connectivity index (χ0v) is 13.1. The van der Waals surface area contributed by atoms with E-state index in [1.165, 1.54) is 38.2 Å². The molecule has 0 N–H and O–H groups in total. The minimum atomic E-state index is 1.00. The number of thiol groups is 1. The maximum atomic E-state index is 2.25. The Labute approximate surface area is 130 Å². The topological polar surface area (TPSA) is 0 Å². The van der Waals surface area contributed by atoms with Crippen LogP contribution in [-0.4, -0.2) is 0 Å². The van der Waals surface area contributed by atoms with Gasteiger partial charge in [-0.15, -0.1) is 0 Å². The minimum absolute atomic E-state index is 1.00. The van der Waals surface area contributed by atoms with Crippen molar-refractivity contribution in [2.24, 2.45) is 0 Å². The van der Waals surface area contributed by atoms with Crippen LogP contribution in [0.25, 0.3) is 0 Å². The van der Waals surface area contributed by atoms with E-state index in [4.69, 9.17) is 0 Å². The maximum Gasteiger partial charge on any atom is 0.161 e. The van der Waals surface area contributed by atoms with Gasteiger partial charge in [0, 0.05) is 23.7 Å². The first kappa shape index (κ1) is 14.0. The smallest absolute Gasteiger partial charge is 0.0620 e. The van der Waals surface area contributed by atoms with Gasteiger partial charge in [0.15, 0.2) is 9.79 Å². The summed E-state index contributed by atoms with van der Waals surface area (Å²) in [7, 11) is 0. The maximum absolute atomic E-state index is 2.25. The lowest BCUT2D eigenvalue weighted by Gasteiger charge is -2.07. The quantitative estimate of drug-likeness (QED) is 0.477. The van der Waals surface area contributed by atoms with Gasteiger partial charge in [-0.05, 0) is 36.2 Å². The third-order valence-corrected chi connectivity index (χ3v) is 4.87. The molecule has 21 heavy (non-hydrogen) atoms. The van der Waals surface area contributed by atoms with Crippen LogP contribution in [0.4, 0.5) is 0 Å². The summed E-state index contributed by atoms with van der Waals surface area (Å²) in [5.74, 6) is 0.